The summed E-state index contributed by atoms with van der Waals surface area (Å²) in [6.45, 7) is 3.64. The van der Waals surface area contributed by atoms with Crippen molar-refractivity contribution < 1.29 is 27.2 Å². The predicted octanol–water partition coefficient (Wildman–Crippen LogP) is 3.38. The van der Waals surface area contributed by atoms with E-state index in [0.29, 0.717) is 24.2 Å². The quantitative estimate of drug-likeness (QED) is 0.644. The molecule has 1 aliphatic carbocycles. The molecule has 10 heteroatoms. The second-order valence-corrected chi connectivity index (χ2v) is 9.64. The van der Waals surface area contributed by atoms with Crippen molar-refractivity contribution in [1.82, 2.24) is 15.1 Å². The van der Waals surface area contributed by atoms with Crippen molar-refractivity contribution in [3.05, 3.63) is 29.1 Å². The summed E-state index contributed by atoms with van der Waals surface area (Å²) in [6, 6.07) is 0.477. The Balaban J connectivity index is 1.36. The van der Waals surface area contributed by atoms with E-state index in [1.165, 1.54) is 6.07 Å². The van der Waals surface area contributed by atoms with Gasteiger partial charge in [0, 0.05) is 55.8 Å². The van der Waals surface area contributed by atoms with Crippen molar-refractivity contribution >= 4 is 17.5 Å². The van der Waals surface area contributed by atoms with Crippen molar-refractivity contribution in [2.75, 3.05) is 25.0 Å². The first-order valence-electron chi connectivity index (χ1n) is 12.0. The Morgan fingerprint density at radius 3 is 2.65 bits per heavy atom. The molecule has 6 nitrogen and oxygen atoms in total. The molecule has 188 valence electrons. The lowest BCUT2D eigenvalue weighted by Gasteiger charge is -2.46. The van der Waals surface area contributed by atoms with Crippen LogP contribution in [0.15, 0.2) is 12.1 Å². The second-order valence-electron chi connectivity index (χ2n) is 9.64. The molecule has 1 saturated heterocycles. The van der Waals surface area contributed by atoms with Crippen LogP contribution < -0.4 is 10.6 Å². The van der Waals surface area contributed by atoms with Gasteiger partial charge in [0.25, 0.3) is 0 Å². The summed E-state index contributed by atoms with van der Waals surface area (Å²) >= 11 is 0. The summed E-state index contributed by atoms with van der Waals surface area (Å²) in [5, 5.41) is 6.17. The van der Waals surface area contributed by atoms with Gasteiger partial charge in [-0.25, -0.2) is 4.39 Å². The van der Waals surface area contributed by atoms with Crippen molar-refractivity contribution in [3.8, 4) is 0 Å². The molecule has 2 N–H and O–H groups in total. The lowest BCUT2D eigenvalue weighted by molar-refractivity contribution is -0.203. The summed E-state index contributed by atoms with van der Waals surface area (Å²) in [5.74, 6) is -1.03. The number of rotatable bonds is 4. The Morgan fingerprint density at radius 1 is 1.21 bits per heavy atom. The smallest absolute Gasteiger partial charge is 0.373 e. The van der Waals surface area contributed by atoms with Gasteiger partial charge in [-0.05, 0) is 44.2 Å². The molecule has 0 bridgehead atoms. The van der Waals surface area contributed by atoms with Gasteiger partial charge in [0.05, 0.1) is 0 Å². The Labute approximate surface area is 197 Å². The summed E-state index contributed by atoms with van der Waals surface area (Å²) < 4.78 is 55.3. The fraction of sp³-hybridized carbons (Fsp3) is 0.667. The number of amides is 2. The predicted molar refractivity (Wildman–Crippen MR) is 120 cm³/mol. The molecule has 0 spiro atoms. The van der Waals surface area contributed by atoms with Gasteiger partial charge in [0.2, 0.25) is 11.8 Å². The normalized spacial score (nSPS) is 27.8. The monoisotopic (exact) mass is 484 g/mol. The number of fused-ring (bicyclic) bond motifs is 1. The van der Waals surface area contributed by atoms with Crippen LogP contribution in [0.4, 0.5) is 23.2 Å². The van der Waals surface area contributed by atoms with Crippen LogP contribution in [-0.4, -0.2) is 71.6 Å². The lowest BCUT2D eigenvalue weighted by Crippen LogP contribution is -2.63. The molecule has 2 heterocycles. The summed E-state index contributed by atoms with van der Waals surface area (Å²) in [6.07, 6.45) is -1.29. The standard InChI is InChI=1S/C24H32F4N4O2/c1-3-21(33)32-10-9-31(13-20(32)24(26,27)28)16-6-4-5-15(11-16)29-23(34)19-12-17-18(25)8-7-14(2)22(17)30-19/h7-8,15-16,19-20,30H,3-6,9-13H2,1-2H3,(H,29,34)/t15-,16+,19?,20+/m1/s1. The minimum Gasteiger partial charge on any atom is -0.373 e. The fourth-order valence-electron chi connectivity index (χ4n) is 5.57. The number of nitrogens with zero attached hydrogens (tertiary/aromatic N) is 2. The molecule has 1 unspecified atom stereocenters. The molecule has 4 atom stereocenters. The van der Waals surface area contributed by atoms with Crippen LogP contribution in [0.2, 0.25) is 0 Å². The van der Waals surface area contributed by atoms with Crippen LogP contribution in [0.1, 0.15) is 50.2 Å². The van der Waals surface area contributed by atoms with Gasteiger partial charge in [0.1, 0.15) is 17.9 Å². The molecule has 0 radical (unpaired) electrons. The molecule has 1 aromatic carbocycles. The number of nitrogens with one attached hydrogen (secondary N) is 2. The average Bonchev–Trinajstić information content (AvgIpc) is 3.27. The van der Waals surface area contributed by atoms with E-state index in [2.05, 4.69) is 10.6 Å². The Morgan fingerprint density at radius 2 is 1.97 bits per heavy atom. The van der Waals surface area contributed by atoms with Gasteiger partial charge in [-0.2, -0.15) is 13.2 Å². The number of alkyl halides is 3. The second kappa shape index (κ2) is 9.71. The van der Waals surface area contributed by atoms with Crippen molar-refractivity contribution in [3.63, 3.8) is 0 Å². The van der Waals surface area contributed by atoms with Gasteiger partial charge in [-0.1, -0.05) is 13.0 Å². The third-order valence-electron chi connectivity index (χ3n) is 7.43. The van der Waals surface area contributed by atoms with E-state index < -0.39 is 24.2 Å². The maximum atomic E-state index is 14.2. The zero-order chi connectivity index (χ0) is 24.6. The maximum absolute atomic E-state index is 14.2. The molecule has 2 fully saturated rings. The van der Waals surface area contributed by atoms with Crippen LogP contribution in [0.3, 0.4) is 0 Å². The molecular weight excluding hydrogens is 452 g/mol. The molecule has 4 rings (SSSR count). The first-order valence-corrected chi connectivity index (χ1v) is 12.0. The van der Waals surface area contributed by atoms with E-state index >= 15 is 0 Å². The minimum absolute atomic E-state index is 0.0482. The highest BCUT2D eigenvalue weighted by Crippen LogP contribution is 2.33. The van der Waals surface area contributed by atoms with Gasteiger partial charge in [-0.15, -0.1) is 0 Å². The van der Waals surface area contributed by atoms with E-state index in [9.17, 15) is 27.2 Å². The molecular formula is C24H32F4N4O2. The zero-order valence-corrected chi connectivity index (χ0v) is 19.6. The molecule has 3 aliphatic rings. The highest BCUT2D eigenvalue weighted by Gasteiger charge is 2.49. The topological polar surface area (TPSA) is 64.7 Å². The first-order chi connectivity index (χ1) is 16.1. The summed E-state index contributed by atoms with van der Waals surface area (Å²) in [4.78, 5) is 27.8. The number of hydrogen-bond donors (Lipinski definition) is 2. The van der Waals surface area contributed by atoms with Crippen LogP contribution in [0.5, 0.6) is 0 Å². The summed E-state index contributed by atoms with van der Waals surface area (Å²) in [7, 11) is 0. The van der Waals surface area contributed by atoms with Gasteiger partial charge in [-0.3, -0.25) is 14.5 Å². The minimum atomic E-state index is -4.48. The zero-order valence-electron chi connectivity index (χ0n) is 19.6. The number of carbonyl (C=O) groups excluding carboxylic acids is 2. The molecule has 1 aromatic rings. The number of piperazine rings is 1. The first kappa shape index (κ1) is 24.8. The van der Waals surface area contributed by atoms with E-state index in [1.807, 2.05) is 11.8 Å². The molecule has 2 aliphatic heterocycles. The van der Waals surface area contributed by atoms with Crippen molar-refractivity contribution in [2.24, 2.45) is 0 Å². The highest BCUT2D eigenvalue weighted by molar-refractivity contribution is 5.88. The maximum Gasteiger partial charge on any atom is 0.410 e. The fourth-order valence-corrected chi connectivity index (χ4v) is 5.57. The lowest BCUT2D eigenvalue weighted by atomic mass is 9.88. The number of halogens is 4. The Kier molecular flexibility index (Phi) is 7.07. The molecule has 2 amide bonds. The molecule has 34 heavy (non-hydrogen) atoms. The van der Waals surface area contributed by atoms with Crippen molar-refractivity contribution in [2.45, 2.75) is 82.7 Å². The summed E-state index contributed by atoms with van der Waals surface area (Å²) in [5.41, 5.74) is 2.06. The van der Waals surface area contributed by atoms with Gasteiger partial charge < -0.3 is 15.5 Å². The SMILES string of the molecule is CCC(=O)N1CCN([C@H]2CCC[C@@H](NC(=O)C3Cc4c(F)ccc(C)c4N3)C2)C[C@H]1C(F)(F)F. The van der Waals surface area contributed by atoms with E-state index in [4.69, 9.17) is 0 Å². The Hall–Kier alpha value is -2.36. The number of hydrogen-bond acceptors (Lipinski definition) is 4. The highest BCUT2D eigenvalue weighted by atomic mass is 19.4. The van der Waals surface area contributed by atoms with E-state index in [0.717, 1.165) is 29.7 Å². The molecule has 1 saturated carbocycles. The van der Waals surface area contributed by atoms with Crippen LogP contribution >= 0.6 is 0 Å². The third kappa shape index (κ3) is 5.01. The van der Waals surface area contributed by atoms with Crippen molar-refractivity contribution in [1.29, 1.82) is 0 Å². The average molecular weight is 485 g/mol. The van der Waals surface area contributed by atoms with Gasteiger partial charge in [0.15, 0.2) is 0 Å². The number of aryl methyl sites for hydroxylation is 1. The largest absolute Gasteiger partial charge is 0.410 e. The number of carbonyl (C=O) groups is 2. The number of benzene rings is 1. The van der Waals surface area contributed by atoms with E-state index in [-0.39, 0.29) is 49.7 Å². The van der Waals surface area contributed by atoms with Gasteiger partial charge >= 0.3 is 6.18 Å². The Bertz CT molecular complexity index is 907. The third-order valence-corrected chi connectivity index (χ3v) is 7.43. The van der Waals surface area contributed by atoms with E-state index in [1.54, 1.807) is 13.0 Å². The van der Waals surface area contributed by atoms with Crippen LogP contribution in [0, 0.1) is 12.7 Å². The number of anilines is 1. The van der Waals surface area contributed by atoms with Crippen LogP contribution in [0.25, 0.3) is 0 Å². The van der Waals surface area contributed by atoms with Crippen LogP contribution in [-0.2, 0) is 16.0 Å². The molecule has 0 aromatic heterocycles.